The van der Waals surface area contributed by atoms with Crippen LogP contribution in [-0.4, -0.2) is 55.0 Å². The number of carbonyl (C=O) groups excluding carboxylic acids is 2. The lowest BCUT2D eigenvalue weighted by Gasteiger charge is -2.36. The molecule has 4 rings (SSSR count). The number of methoxy groups -OCH3 is 1. The molecule has 0 saturated carbocycles. The predicted molar refractivity (Wildman–Crippen MR) is 121 cm³/mol. The zero-order valence-corrected chi connectivity index (χ0v) is 17.9. The molecule has 0 aliphatic carbocycles. The van der Waals surface area contributed by atoms with Crippen molar-refractivity contribution >= 4 is 40.0 Å². The third-order valence-electron chi connectivity index (χ3n) is 5.49. The fourth-order valence-electron chi connectivity index (χ4n) is 3.97. The van der Waals surface area contributed by atoms with Gasteiger partial charge in [0.1, 0.15) is 11.3 Å². The van der Waals surface area contributed by atoms with Gasteiger partial charge in [0.15, 0.2) is 0 Å². The third-order valence-corrected chi connectivity index (χ3v) is 5.73. The van der Waals surface area contributed by atoms with E-state index in [4.69, 9.17) is 22.1 Å². The maximum atomic E-state index is 13.0. The Kier molecular flexibility index (Phi) is 5.95. The van der Waals surface area contributed by atoms with Crippen molar-refractivity contribution in [3.05, 3.63) is 64.8 Å². The Morgan fingerprint density at radius 1 is 1.10 bits per heavy atom. The molecule has 1 saturated heterocycles. The highest BCUT2D eigenvalue weighted by atomic mass is 35.5. The third kappa shape index (κ3) is 4.27. The van der Waals surface area contributed by atoms with Gasteiger partial charge in [0.25, 0.3) is 5.91 Å². The van der Waals surface area contributed by atoms with E-state index in [9.17, 15) is 9.59 Å². The summed E-state index contributed by atoms with van der Waals surface area (Å²) in [5, 5.41) is 1.37. The minimum Gasteiger partial charge on any atom is -0.495 e. The second kappa shape index (κ2) is 8.81. The van der Waals surface area contributed by atoms with Crippen molar-refractivity contribution < 1.29 is 14.3 Å². The summed E-state index contributed by atoms with van der Waals surface area (Å²) in [6.07, 6.45) is -0.0172. The molecule has 1 aromatic heterocycles. The fourth-order valence-corrected chi connectivity index (χ4v) is 4.15. The SMILES string of the molecule is COc1c(C(N)=O)c(CC(=O)N2CCN(c3cccc(Cl)c3)CC2)nc2ccccc12. The van der Waals surface area contributed by atoms with Crippen molar-refractivity contribution in [1.29, 1.82) is 0 Å². The van der Waals surface area contributed by atoms with Crippen LogP contribution >= 0.6 is 11.6 Å². The fraction of sp³-hybridized carbons (Fsp3) is 0.261. The molecule has 0 unspecified atom stereocenters. The van der Waals surface area contributed by atoms with Crippen molar-refractivity contribution in [1.82, 2.24) is 9.88 Å². The van der Waals surface area contributed by atoms with Crippen LogP contribution in [0.5, 0.6) is 5.75 Å². The van der Waals surface area contributed by atoms with Gasteiger partial charge in [0, 0.05) is 42.3 Å². The average molecular weight is 439 g/mol. The Morgan fingerprint density at radius 2 is 1.84 bits per heavy atom. The molecule has 2 N–H and O–H groups in total. The van der Waals surface area contributed by atoms with Crippen LogP contribution in [0.4, 0.5) is 5.69 Å². The van der Waals surface area contributed by atoms with Crippen LogP contribution in [0.15, 0.2) is 48.5 Å². The Morgan fingerprint density at radius 3 is 2.52 bits per heavy atom. The van der Waals surface area contributed by atoms with Gasteiger partial charge in [-0.05, 0) is 30.3 Å². The molecule has 1 fully saturated rings. The van der Waals surface area contributed by atoms with Gasteiger partial charge in [-0.2, -0.15) is 0 Å². The first kappa shape index (κ1) is 20.9. The molecular weight excluding hydrogens is 416 g/mol. The number of carbonyl (C=O) groups is 2. The molecule has 2 amide bonds. The first-order chi connectivity index (χ1) is 15.0. The van der Waals surface area contributed by atoms with Gasteiger partial charge in [-0.1, -0.05) is 29.8 Å². The van der Waals surface area contributed by atoms with Crippen molar-refractivity contribution in [3.8, 4) is 5.75 Å². The van der Waals surface area contributed by atoms with Gasteiger partial charge in [-0.15, -0.1) is 0 Å². The number of anilines is 1. The van der Waals surface area contributed by atoms with E-state index in [1.807, 2.05) is 48.5 Å². The van der Waals surface area contributed by atoms with E-state index < -0.39 is 5.91 Å². The van der Waals surface area contributed by atoms with Crippen molar-refractivity contribution in [3.63, 3.8) is 0 Å². The Balaban J connectivity index is 1.54. The van der Waals surface area contributed by atoms with E-state index in [1.54, 1.807) is 4.90 Å². The summed E-state index contributed by atoms with van der Waals surface area (Å²) in [6.45, 7) is 2.54. The Labute approximate surface area is 185 Å². The molecule has 1 aliphatic rings. The van der Waals surface area contributed by atoms with Gasteiger partial charge in [0.05, 0.1) is 24.7 Å². The number of primary amides is 1. The number of benzene rings is 2. The van der Waals surface area contributed by atoms with E-state index in [2.05, 4.69) is 9.88 Å². The molecule has 0 spiro atoms. The van der Waals surface area contributed by atoms with Crippen LogP contribution in [-0.2, 0) is 11.2 Å². The number of hydrogen-bond acceptors (Lipinski definition) is 5. The number of para-hydroxylation sites is 1. The zero-order chi connectivity index (χ0) is 22.0. The number of nitrogens with zero attached hydrogens (tertiary/aromatic N) is 3. The van der Waals surface area contributed by atoms with Crippen LogP contribution in [0.25, 0.3) is 10.9 Å². The molecule has 160 valence electrons. The number of ether oxygens (including phenoxy) is 1. The van der Waals surface area contributed by atoms with Crippen LogP contribution in [0.2, 0.25) is 5.02 Å². The highest BCUT2D eigenvalue weighted by molar-refractivity contribution is 6.30. The van der Waals surface area contributed by atoms with Crippen LogP contribution in [0.1, 0.15) is 16.1 Å². The van der Waals surface area contributed by atoms with E-state index >= 15 is 0 Å². The molecule has 0 radical (unpaired) electrons. The molecule has 3 aromatic rings. The maximum absolute atomic E-state index is 13.0. The maximum Gasteiger partial charge on any atom is 0.254 e. The molecular formula is C23H23ClN4O3. The lowest BCUT2D eigenvalue weighted by molar-refractivity contribution is -0.130. The number of aromatic nitrogens is 1. The first-order valence-corrected chi connectivity index (χ1v) is 10.4. The number of piperazine rings is 1. The van der Waals surface area contributed by atoms with Gasteiger partial charge in [-0.3, -0.25) is 14.6 Å². The summed E-state index contributed by atoms with van der Waals surface area (Å²) < 4.78 is 5.48. The summed E-state index contributed by atoms with van der Waals surface area (Å²) in [6, 6.07) is 15.0. The molecule has 1 aliphatic heterocycles. The van der Waals surface area contributed by atoms with Gasteiger partial charge in [-0.25, -0.2) is 0 Å². The number of pyridine rings is 1. The molecule has 2 heterocycles. The largest absolute Gasteiger partial charge is 0.495 e. The number of amides is 2. The summed E-state index contributed by atoms with van der Waals surface area (Å²) in [5.74, 6) is -0.409. The average Bonchev–Trinajstić information content (AvgIpc) is 2.78. The summed E-state index contributed by atoms with van der Waals surface area (Å²) in [4.78, 5) is 33.8. The number of hydrogen-bond donors (Lipinski definition) is 1. The van der Waals surface area contributed by atoms with E-state index in [0.29, 0.717) is 53.5 Å². The van der Waals surface area contributed by atoms with Crippen molar-refractivity contribution in [2.75, 3.05) is 38.2 Å². The van der Waals surface area contributed by atoms with Crippen molar-refractivity contribution in [2.24, 2.45) is 5.73 Å². The summed E-state index contributed by atoms with van der Waals surface area (Å²) in [7, 11) is 1.48. The zero-order valence-electron chi connectivity index (χ0n) is 17.2. The number of nitrogens with two attached hydrogens (primary N) is 1. The normalized spacial score (nSPS) is 14.0. The number of fused-ring (bicyclic) bond motifs is 1. The minimum absolute atomic E-state index is 0.0172. The Hall–Kier alpha value is -3.32. The number of halogens is 1. The topological polar surface area (TPSA) is 88.8 Å². The van der Waals surface area contributed by atoms with Gasteiger partial charge < -0.3 is 20.3 Å². The minimum atomic E-state index is -0.663. The highest BCUT2D eigenvalue weighted by Gasteiger charge is 2.26. The predicted octanol–water partition coefficient (Wildman–Crippen LogP) is 2.89. The van der Waals surface area contributed by atoms with Crippen LogP contribution in [0, 0.1) is 0 Å². The van der Waals surface area contributed by atoms with Crippen molar-refractivity contribution in [2.45, 2.75) is 6.42 Å². The second-order valence-corrected chi connectivity index (χ2v) is 7.81. The number of rotatable bonds is 5. The highest BCUT2D eigenvalue weighted by Crippen LogP contribution is 2.31. The molecule has 8 heteroatoms. The molecule has 7 nitrogen and oxygen atoms in total. The Bertz CT molecular complexity index is 1140. The summed E-state index contributed by atoms with van der Waals surface area (Å²) >= 11 is 6.09. The quantitative estimate of drug-likeness (QED) is 0.661. The van der Waals surface area contributed by atoms with E-state index in [0.717, 1.165) is 5.69 Å². The lowest BCUT2D eigenvalue weighted by atomic mass is 10.0. The molecule has 31 heavy (non-hydrogen) atoms. The van der Waals surface area contributed by atoms with Crippen LogP contribution < -0.4 is 15.4 Å². The molecule has 0 bridgehead atoms. The molecule has 2 aromatic carbocycles. The summed E-state index contributed by atoms with van der Waals surface area (Å²) in [5.41, 5.74) is 7.82. The monoisotopic (exact) mass is 438 g/mol. The standard InChI is InChI=1S/C23H23ClN4O3/c1-31-22-17-7-2-3-8-18(17)26-19(21(22)23(25)30)14-20(29)28-11-9-27(10-12-28)16-6-4-5-15(24)13-16/h2-8,13H,9-12,14H2,1H3,(H2,25,30). The van der Waals surface area contributed by atoms with Crippen LogP contribution in [0.3, 0.4) is 0 Å². The van der Waals surface area contributed by atoms with E-state index in [-0.39, 0.29) is 17.9 Å². The smallest absolute Gasteiger partial charge is 0.254 e. The lowest BCUT2D eigenvalue weighted by Crippen LogP contribution is -2.49. The molecule has 0 atom stereocenters. The van der Waals surface area contributed by atoms with Gasteiger partial charge >= 0.3 is 0 Å². The first-order valence-electron chi connectivity index (χ1n) is 10.0. The second-order valence-electron chi connectivity index (χ2n) is 7.37. The van der Waals surface area contributed by atoms with Gasteiger partial charge in [0.2, 0.25) is 5.91 Å². The van der Waals surface area contributed by atoms with E-state index in [1.165, 1.54) is 7.11 Å².